The van der Waals surface area contributed by atoms with E-state index in [-0.39, 0.29) is 5.91 Å². The van der Waals surface area contributed by atoms with E-state index in [0.717, 1.165) is 18.5 Å². The number of likely N-dealkylation sites (N-methyl/N-ethyl adjacent to an activating group) is 1. The number of amides is 1. The van der Waals surface area contributed by atoms with Gasteiger partial charge in [0, 0.05) is 31.9 Å². The molecular formula is C12H19N3O. The number of nitrogens with zero attached hydrogens (tertiary/aromatic N) is 2. The van der Waals surface area contributed by atoms with Gasteiger partial charge in [-0.25, -0.2) is 0 Å². The Morgan fingerprint density at radius 1 is 1.38 bits per heavy atom. The van der Waals surface area contributed by atoms with E-state index >= 15 is 0 Å². The number of rotatable bonds is 6. The second-order valence-electron chi connectivity index (χ2n) is 4.01. The van der Waals surface area contributed by atoms with Crippen LogP contribution in [0.4, 0.5) is 0 Å². The highest BCUT2D eigenvalue weighted by molar-refractivity contribution is 5.76. The maximum Gasteiger partial charge on any atom is 0.220 e. The maximum absolute atomic E-state index is 11.5. The van der Waals surface area contributed by atoms with Gasteiger partial charge < -0.3 is 10.2 Å². The standard InChI is InChI=1S/C12H19N3O/c1-15(2)10-9-14-12(16)4-3-11-5-7-13-8-6-11/h5-8H,3-4,9-10H2,1-2H3,(H,14,16). The molecule has 0 fully saturated rings. The Labute approximate surface area is 96.7 Å². The van der Waals surface area contributed by atoms with Crippen LogP contribution in [0.15, 0.2) is 24.5 Å². The topological polar surface area (TPSA) is 45.2 Å². The Morgan fingerprint density at radius 2 is 2.06 bits per heavy atom. The lowest BCUT2D eigenvalue weighted by Crippen LogP contribution is -2.31. The van der Waals surface area contributed by atoms with Gasteiger partial charge >= 0.3 is 0 Å². The first-order valence-corrected chi connectivity index (χ1v) is 5.49. The molecule has 1 aromatic rings. The smallest absolute Gasteiger partial charge is 0.220 e. The maximum atomic E-state index is 11.5. The van der Waals surface area contributed by atoms with Crippen LogP contribution in [0.2, 0.25) is 0 Å². The van der Waals surface area contributed by atoms with Crippen LogP contribution in [0.5, 0.6) is 0 Å². The number of pyridine rings is 1. The fraction of sp³-hybridized carbons (Fsp3) is 0.500. The molecule has 0 saturated heterocycles. The van der Waals surface area contributed by atoms with Gasteiger partial charge in [-0.15, -0.1) is 0 Å². The molecule has 4 heteroatoms. The van der Waals surface area contributed by atoms with Crippen LogP contribution in [-0.4, -0.2) is 43.0 Å². The second kappa shape index (κ2) is 6.95. The molecule has 0 radical (unpaired) electrons. The predicted octanol–water partition coefficient (Wildman–Crippen LogP) is 0.692. The Kier molecular flexibility index (Phi) is 5.50. The average Bonchev–Trinajstić information content (AvgIpc) is 2.27. The molecule has 88 valence electrons. The van der Waals surface area contributed by atoms with E-state index in [9.17, 15) is 4.79 Å². The monoisotopic (exact) mass is 221 g/mol. The molecule has 1 amide bonds. The molecule has 0 aromatic carbocycles. The van der Waals surface area contributed by atoms with Gasteiger partial charge in [0.15, 0.2) is 0 Å². The number of hydrogen-bond donors (Lipinski definition) is 1. The van der Waals surface area contributed by atoms with Gasteiger partial charge in [-0.05, 0) is 38.2 Å². The zero-order valence-corrected chi connectivity index (χ0v) is 9.94. The Balaban J connectivity index is 2.16. The third-order valence-electron chi connectivity index (χ3n) is 2.27. The van der Waals surface area contributed by atoms with E-state index in [1.54, 1.807) is 12.4 Å². The highest BCUT2D eigenvalue weighted by Gasteiger charge is 2.01. The highest BCUT2D eigenvalue weighted by Crippen LogP contribution is 2.00. The summed E-state index contributed by atoms with van der Waals surface area (Å²) in [6.07, 6.45) is 4.81. The summed E-state index contributed by atoms with van der Waals surface area (Å²) >= 11 is 0. The van der Waals surface area contributed by atoms with Crippen LogP contribution in [0, 0.1) is 0 Å². The summed E-state index contributed by atoms with van der Waals surface area (Å²) in [4.78, 5) is 17.4. The minimum atomic E-state index is 0.110. The van der Waals surface area contributed by atoms with Gasteiger partial charge in [-0.3, -0.25) is 9.78 Å². The van der Waals surface area contributed by atoms with Gasteiger partial charge in [0.2, 0.25) is 5.91 Å². The second-order valence-corrected chi connectivity index (χ2v) is 4.01. The Bertz CT molecular complexity index is 311. The van der Waals surface area contributed by atoms with Gasteiger partial charge in [-0.1, -0.05) is 0 Å². The van der Waals surface area contributed by atoms with E-state index in [1.165, 1.54) is 0 Å². The van der Waals surface area contributed by atoms with Crippen LogP contribution in [0.3, 0.4) is 0 Å². The first-order chi connectivity index (χ1) is 7.68. The summed E-state index contributed by atoms with van der Waals surface area (Å²) in [7, 11) is 3.98. The molecule has 0 aliphatic rings. The zero-order chi connectivity index (χ0) is 11.8. The fourth-order valence-electron chi connectivity index (χ4n) is 1.31. The molecule has 0 aliphatic carbocycles. The van der Waals surface area contributed by atoms with E-state index in [4.69, 9.17) is 0 Å². The van der Waals surface area contributed by atoms with Crippen molar-refractivity contribution in [2.75, 3.05) is 27.2 Å². The lowest BCUT2D eigenvalue weighted by atomic mass is 10.1. The number of nitrogens with one attached hydrogen (secondary N) is 1. The van der Waals surface area contributed by atoms with Crippen LogP contribution in [-0.2, 0) is 11.2 Å². The van der Waals surface area contributed by atoms with Crippen LogP contribution in [0.25, 0.3) is 0 Å². The van der Waals surface area contributed by atoms with Crippen molar-refractivity contribution in [3.05, 3.63) is 30.1 Å². The minimum absolute atomic E-state index is 0.110. The van der Waals surface area contributed by atoms with Crippen molar-refractivity contribution in [2.45, 2.75) is 12.8 Å². The first-order valence-electron chi connectivity index (χ1n) is 5.49. The molecular weight excluding hydrogens is 202 g/mol. The molecule has 16 heavy (non-hydrogen) atoms. The number of carbonyl (C=O) groups excluding carboxylic acids is 1. The fourth-order valence-corrected chi connectivity index (χ4v) is 1.31. The number of carbonyl (C=O) groups is 1. The van der Waals surface area contributed by atoms with Crippen molar-refractivity contribution in [1.82, 2.24) is 15.2 Å². The van der Waals surface area contributed by atoms with Crippen molar-refractivity contribution in [3.63, 3.8) is 0 Å². The first kappa shape index (κ1) is 12.6. The molecule has 0 atom stereocenters. The third-order valence-corrected chi connectivity index (χ3v) is 2.27. The number of aryl methyl sites for hydroxylation is 1. The van der Waals surface area contributed by atoms with E-state index < -0.39 is 0 Å². The summed E-state index contributed by atoms with van der Waals surface area (Å²) < 4.78 is 0. The van der Waals surface area contributed by atoms with Crippen LogP contribution < -0.4 is 5.32 Å². The van der Waals surface area contributed by atoms with Gasteiger partial charge in [-0.2, -0.15) is 0 Å². The SMILES string of the molecule is CN(C)CCNC(=O)CCc1ccncc1. The molecule has 0 unspecified atom stereocenters. The number of hydrogen-bond acceptors (Lipinski definition) is 3. The van der Waals surface area contributed by atoms with E-state index in [2.05, 4.69) is 10.3 Å². The van der Waals surface area contributed by atoms with Crippen molar-refractivity contribution in [2.24, 2.45) is 0 Å². The summed E-state index contributed by atoms with van der Waals surface area (Å²) in [5.41, 5.74) is 1.15. The zero-order valence-electron chi connectivity index (χ0n) is 9.94. The lowest BCUT2D eigenvalue weighted by molar-refractivity contribution is -0.121. The lowest BCUT2D eigenvalue weighted by Gasteiger charge is -2.10. The third kappa shape index (κ3) is 5.46. The molecule has 1 rings (SSSR count). The molecule has 0 saturated carbocycles. The molecule has 0 bridgehead atoms. The Hall–Kier alpha value is -1.42. The number of aromatic nitrogens is 1. The quantitative estimate of drug-likeness (QED) is 0.769. The molecule has 1 heterocycles. The Morgan fingerprint density at radius 3 is 2.69 bits per heavy atom. The highest BCUT2D eigenvalue weighted by atomic mass is 16.1. The molecule has 0 aliphatic heterocycles. The van der Waals surface area contributed by atoms with E-state index in [1.807, 2.05) is 31.1 Å². The summed E-state index contributed by atoms with van der Waals surface area (Å²) in [5, 5.41) is 2.89. The van der Waals surface area contributed by atoms with Crippen molar-refractivity contribution < 1.29 is 4.79 Å². The van der Waals surface area contributed by atoms with Crippen LogP contribution >= 0.6 is 0 Å². The average molecular weight is 221 g/mol. The normalized spacial score (nSPS) is 10.4. The summed E-state index contributed by atoms with van der Waals surface area (Å²) in [6, 6.07) is 3.88. The molecule has 1 aromatic heterocycles. The van der Waals surface area contributed by atoms with Crippen molar-refractivity contribution in [3.8, 4) is 0 Å². The van der Waals surface area contributed by atoms with Crippen molar-refractivity contribution >= 4 is 5.91 Å². The van der Waals surface area contributed by atoms with E-state index in [0.29, 0.717) is 13.0 Å². The largest absolute Gasteiger partial charge is 0.355 e. The molecule has 4 nitrogen and oxygen atoms in total. The predicted molar refractivity (Wildman–Crippen MR) is 64.1 cm³/mol. The van der Waals surface area contributed by atoms with Gasteiger partial charge in [0.1, 0.15) is 0 Å². The van der Waals surface area contributed by atoms with Gasteiger partial charge in [0.25, 0.3) is 0 Å². The van der Waals surface area contributed by atoms with Gasteiger partial charge in [0.05, 0.1) is 0 Å². The summed E-state index contributed by atoms with van der Waals surface area (Å²) in [6.45, 7) is 1.59. The van der Waals surface area contributed by atoms with Crippen molar-refractivity contribution in [1.29, 1.82) is 0 Å². The molecule has 1 N–H and O–H groups in total. The van der Waals surface area contributed by atoms with Crippen LogP contribution in [0.1, 0.15) is 12.0 Å². The molecule has 0 spiro atoms. The minimum Gasteiger partial charge on any atom is -0.355 e. The summed E-state index contributed by atoms with van der Waals surface area (Å²) in [5.74, 6) is 0.110.